The number of benzene rings is 1. The van der Waals surface area contributed by atoms with Crippen LogP contribution in [0.2, 0.25) is 0 Å². The molecule has 0 radical (unpaired) electrons. The van der Waals surface area contributed by atoms with Crippen LogP contribution in [-0.4, -0.2) is 19.9 Å². The molecular formula is C10H8FN5O. The molecule has 2 aromatic heterocycles. The van der Waals surface area contributed by atoms with Gasteiger partial charge in [-0.3, -0.25) is 0 Å². The maximum Gasteiger partial charge on any atom is 0.199 e. The molecule has 0 bridgehead atoms. The lowest BCUT2D eigenvalue weighted by Crippen LogP contribution is -1.96. The van der Waals surface area contributed by atoms with Gasteiger partial charge < -0.3 is 10.3 Å². The molecule has 6 nitrogen and oxygen atoms in total. The van der Waals surface area contributed by atoms with E-state index < -0.39 is 0 Å². The molecule has 0 aliphatic carbocycles. The molecule has 2 heterocycles. The molecule has 0 saturated carbocycles. The van der Waals surface area contributed by atoms with Crippen LogP contribution in [-0.2, 0) is 7.05 Å². The second kappa shape index (κ2) is 3.27. The lowest BCUT2D eigenvalue weighted by Gasteiger charge is -1.97. The SMILES string of the molecule is Cn1c(-c2nonc2N)nc2cc(F)ccc21. The molecule has 17 heavy (non-hydrogen) atoms. The Bertz CT molecular complexity index is 702. The number of anilines is 1. The van der Waals surface area contributed by atoms with Crippen LogP contribution in [0, 0.1) is 5.82 Å². The molecule has 3 aromatic rings. The van der Waals surface area contributed by atoms with Crippen LogP contribution in [0.5, 0.6) is 0 Å². The molecule has 0 atom stereocenters. The number of aryl methyl sites for hydroxylation is 1. The number of nitrogens with zero attached hydrogens (tertiary/aromatic N) is 4. The summed E-state index contributed by atoms with van der Waals surface area (Å²) in [6, 6.07) is 4.37. The predicted octanol–water partition coefficient (Wildman–Crippen LogP) is 1.34. The van der Waals surface area contributed by atoms with E-state index in [-0.39, 0.29) is 11.6 Å². The second-order valence-electron chi connectivity index (χ2n) is 3.63. The van der Waals surface area contributed by atoms with Crippen molar-refractivity contribution in [3.8, 4) is 11.5 Å². The van der Waals surface area contributed by atoms with E-state index in [1.807, 2.05) is 0 Å². The van der Waals surface area contributed by atoms with Gasteiger partial charge in [0.1, 0.15) is 5.82 Å². The summed E-state index contributed by atoms with van der Waals surface area (Å²) < 4.78 is 19.4. The number of rotatable bonds is 1. The number of halogens is 1. The highest BCUT2D eigenvalue weighted by atomic mass is 19.1. The van der Waals surface area contributed by atoms with Gasteiger partial charge >= 0.3 is 0 Å². The Labute approximate surface area is 94.8 Å². The van der Waals surface area contributed by atoms with E-state index in [0.717, 1.165) is 5.52 Å². The summed E-state index contributed by atoms with van der Waals surface area (Å²) in [5, 5.41) is 7.16. The number of nitrogen functional groups attached to an aromatic ring is 1. The topological polar surface area (TPSA) is 82.8 Å². The first kappa shape index (κ1) is 9.76. The number of hydrogen-bond acceptors (Lipinski definition) is 5. The third kappa shape index (κ3) is 1.36. The van der Waals surface area contributed by atoms with Crippen LogP contribution >= 0.6 is 0 Å². The third-order valence-electron chi connectivity index (χ3n) is 2.57. The largest absolute Gasteiger partial charge is 0.379 e. The highest BCUT2D eigenvalue weighted by Crippen LogP contribution is 2.25. The Balaban J connectivity index is 2.31. The zero-order chi connectivity index (χ0) is 12.0. The van der Waals surface area contributed by atoms with Crippen LogP contribution in [0.4, 0.5) is 10.2 Å². The van der Waals surface area contributed by atoms with Crippen molar-refractivity contribution in [3.63, 3.8) is 0 Å². The Morgan fingerprint density at radius 2 is 2.18 bits per heavy atom. The van der Waals surface area contributed by atoms with Crippen molar-refractivity contribution in [2.45, 2.75) is 0 Å². The van der Waals surface area contributed by atoms with Crippen LogP contribution in [0.25, 0.3) is 22.6 Å². The molecule has 0 aliphatic heterocycles. The molecular weight excluding hydrogens is 225 g/mol. The normalized spacial score (nSPS) is 11.2. The van der Waals surface area contributed by atoms with Gasteiger partial charge in [-0.05, 0) is 22.4 Å². The van der Waals surface area contributed by atoms with Gasteiger partial charge in [-0.2, -0.15) is 0 Å². The fraction of sp³-hybridized carbons (Fsp3) is 0.100. The number of fused-ring (bicyclic) bond motifs is 1. The summed E-state index contributed by atoms with van der Waals surface area (Å²) >= 11 is 0. The van der Waals surface area contributed by atoms with Crippen LogP contribution < -0.4 is 5.73 Å². The average molecular weight is 233 g/mol. The van der Waals surface area contributed by atoms with Gasteiger partial charge in [0.25, 0.3) is 0 Å². The first-order valence-corrected chi connectivity index (χ1v) is 4.87. The van der Waals surface area contributed by atoms with E-state index in [1.165, 1.54) is 12.1 Å². The zero-order valence-corrected chi connectivity index (χ0v) is 8.88. The second-order valence-corrected chi connectivity index (χ2v) is 3.63. The Hall–Kier alpha value is -2.44. The lowest BCUT2D eigenvalue weighted by molar-refractivity contribution is 0.310. The van der Waals surface area contributed by atoms with Gasteiger partial charge in [0.15, 0.2) is 17.3 Å². The maximum absolute atomic E-state index is 13.1. The highest BCUT2D eigenvalue weighted by Gasteiger charge is 2.17. The number of imidazole rings is 1. The standard InChI is InChI=1S/C10H8FN5O/c1-16-7-3-2-5(11)4-6(7)13-10(16)8-9(12)15-17-14-8/h2-4H,1H3,(H2,12,15). The van der Waals surface area contributed by atoms with E-state index >= 15 is 0 Å². The minimum atomic E-state index is -0.339. The summed E-state index contributed by atoms with van der Waals surface area (Å²) in [4.78, 5) is 4.26. The van der Waals surface area contributed by atoms with Gasteiger partial charge in [-0.25, -0.2) is 14.0 Å². The summed E-state index contributed by atoms with van der Waals surface area (Å²) in [6.07, 6.45) is 0. The van der Waals surface area contributed by atoms with Gasteiger partial charge in [-0.1, -0.05) is 0 Å². The van der Waals surface area contributed by atoms with Crippen molar-refractivity contribution in [1.29, 1.82) is 0 Å². The molecule has 1 aromatic carbocycles. The molecule has 7 heteroatoms. The molecule has 0 aliphatic rings. The van der Waals surface area contributed by atoms with Crippen LogP contribution in [0.3, 0.4) is 0 Å². The lowest BCUT2D eigenvalue weighted by atomic mass is 10.3. The minimum Gasteiger partial charge on any atom is -0.379 e. The van der Waals surface area contributed by atoms with Crippen molar-refractivity contribution in [1.82, 2.24) is 19.9 Å². The fourth-order valence-electron chi connectivity index (χ4n) is 1.74. The Morgan fingerprint density at radius 1 is 1.35 bits per heavy atom. The first-order chi connectivity index (χ1) is 8.16. The van der Waals surface area contributed by atoms with Crippen molar-refractivity contribution in [2.75, 3.05) is 5.73 Å². The summed E-state index contributed by atoms with van der Waals surface area (Å²) in [6.45, 7) is 0. The van der Waals surface area contributed by atoms with Crippen molar-refractivity contribution in [3.05, 3.63) is 24.0 Å². The summed E-state index contributed by atoms with van der Waals surface area (Å²) in [5.41, 5.74) is 7.26. The van der Waals surface area contributed by atoms with Crippen molar-refractivity contribution in [2.24, 2.45) is 7.05 Å². The monoisotopic (exact) mass is 233 g/mol. The van der Waals surface area contributed by atoms with Gasteiger partial charge in [0.2, 0.25) is 0 Å². The molecule has 86 valence electrons. The molecule has 0 unspecified atom stereocenters. The van der Waals surface area contributed by atoms with E-state index in [1.54, 1.807) is 17.7 Å². The molecule has 0 spiro atoms. The quantitative estimate of drug-likeness (QED) is 0.685. The number of hydrogen-bond donors (Lipinski definition) is 1. The van der Waals surface area contributed by atoms with E-state index in [4.69, 9.17) is 5.73 Å². The van der Waals surface area contributed by atoms with E-state index in [0.29, 0.717) is 17.0 Å². The van der Waals surface area contributed by atoms with Crippen LogP contribution in [0.1, 0.15) is 0 Å². The zero-order valence-electron chi connectivity index (χ0n) is 8.88. The van der Waals surface area contributed by atoms with Crippen molar-refractivity contribution < 1.29 is 9.02 Å². The third-order valence-corrected chi connectivity index (χ3v) is 2.57. The Morgan fingerprint density at radius 3 is 2.88 bits per heavy atom. The molecule has 3 rings (SSSR count). The van der Waals surface area contributed by atoms with Gasteiger partial charge in [0.05, 0.1) is 11.0 Å². The highest BCUT2D eigenvalue weighted by molar-refractivity contribution is 5.81. The summed E-state index contributed by atoms with van der Waals surface area (Å²) in [7, 11) is 1.79. The fourth-order valence-corrected chi connectivity index (χ4v) is 1.74. The minimum absolute atomic E-state index is 0.156. The van der Waals surface area contributed by atoms with Crippen LogP contribution in [0.15, 0.2) is 22.8 Å². The molecule has 0 saturated heterocycles. The number of aromatic nitrogens is 4. The average Bonchev–Trinajstić information content (AvgIpc) is 2.83. The maximum atomic E-state index is 13.1. The van der Waals surface area contributed by atoms with Crippen molar-refractivity contribution >= 4 is 16.9 Å². The van der Waals surface area contributed by atoms with E-state index in [9.17, 15) is 4.39 Å². The molecule has 0 fully saturated rings. The summed E-state index contributed by atoms with van der Waals surface area (Å²) in [5.74, 6) is 0.307. The smallest absolute Gasteiger partial charge is 0.199 e. The van der Waals surface area contributed by atoms with Gasteiger partial charge in [-0.15, -0.1) is 0 Å². The molecule has 0 amide bonds. The predicted molar refractivity (Wildman–Crippen MR) is 58.4 cm³/mol. The molecule has 2 N–H and O–H groups in total. The number of nitrogens with two attached hydrogens (primary N) is 1. The Kier molecular flexibility index (Phi) is 1.88. The van der Waals surface area contributed by atoms with Gasteiger partial charge in [0, 0.05) is 13.1 Å². The first-order valence-electron chi connectivity index (χ1n) is 4.87. The van der Waals surface area contributed by atoms with E-state index in [2.05, 4.69) is 19.9 Å².